The van der Waals surface area contributed by atoms with E-state index in [4.69, 9.17) is 6.42 Å². The molecule has 0 heterocycles. The van der Waals surface area contributed by atoms with E-state index in [-0.39, 0.29) is 0 Å². The number of hydrogen-bond donors (Lipinski definition) is 0. The average molecular weight is 185 g/mol. The van der Waals surface area contributed by atoms with Gasteiger partial charge in [-0.25, -0.2) is 0 Å². The van der Waals surface area contributed by atoms with Gasteiger partial charge in [-0.2, -0.15) is 0 Å². The van der Waals surface area contributed by atoms with Crippen LogP contribution in [0.2, 0.25) is 0 Å². The first-order valence-corrected chi connectivity index (χ1v) is 5.01. The molecule has 14 heavy (non-hydrogen) atoms. The summed E-state index contributed by atoms with van der Waals surface area (Å²) in [4.78, 5) is 2.26. The van der Waals surface area contributed by atoms with Crippen LogP contribution in [0.5, 0.6) is 0 Å². The van der Waals surface area contributed by atoms with Crippen molar-refractivity contribution in [3.05, 3.63) is 35.4 Å². The lowest BCUT2D eigenvalue weighted by Gasteiger charge is -2.21. The van der Waals surface area contributed by atoms with Crippen molar-refractivity contribution in [1.82, 2.24) is 4.90 Å². The summed E-state index contributed by atoms with van der Waals surface area (Å²) in [5, 5.41) is 0. The zero-order valence-electron chi connectivity index (χ0n) is 8.53. The van der Waals surface area contributed by atoms with Gasteiger partial charge in [0.1, 0.15) is 0 Å². The number of rotatable bonds is 2. The quantitative estimate of drug-likeness (QED) is 0.634. The number of fused-ring (bicyclic) bond motifs is 1. The Labute approximate surface area is 85.7 Å². The zero-order valence-corrected chi connectivity index (χ0v) is 8.53. The maximum absolute atomic E-state index is 5.31. The molecule has 1 heteroatoms. The fourth-order valence-corrected chi connectivity index (χ4v) is 2.12. The number of nitrogens with zero attached hydrogens (tertiary/aromatic N) is 1. The Balaban J connectivity index is 2.08. The molecular formula is C13H15N. The van der Waals surface area contributed by atoms with E-state index in [9.17, 15) is 0 Å². The average Bonchev–Trinajstić information content (AvgIpc) is 2.61. The molecule has 0 fully saturated rings. The SMILES string of the molecule is C#CCN(C)C1Cc2ccccc2C1. The number of likely N-dealkylation sites (N-methyl/N-ethyl adjacent to an activating group) is 1. The van der Waals surface area contributed by atoms with Crippen LogP contribution in [0.15, 0.2) is 24.3 Å². The van der Waals surface area contributed by atoms with Crippen LogP contribution in [0, 0.1) is 12.3 Å². The van der Waals surface area contributed by atoms with E-state index < -0.39 is 0 Å². The van der Waals surface area contributed by atoms with Crippen molar-refractivity contribution in [2.24, 2.45) is 0 Å². The summed E-state index contributed by atoms with van der Waals surface area (Å²) < 4.78 is 0. The Bertz CT molecular complexity index is 337. The summed E-state index contributed by atoms with van der Waals surface area (Å²) in [6.07, 6.45) is 7.60. The first-order valence-electron chi connectivity index (χ1n) is 5.01. The van der Waals surface area contributed by atoms with Gasteiger partial charge in [-0.15, -0.1) is 6.42 Å². The van der Waals surface area contributed by atoms with E-state index >= 15 is 0 Å². The molecule has 1 aromatic carbocycles. The molecule has 1 nitrogen and oxygen atoms in total. The van der Waals surface area contributed by atoms with Gasteiger partial charge in [0.2, 0.25) is 0 Å². The highest BCUT2D eigenvalue weighted by Crippen LogP contribution is 2.24. The smallest absolute Gasteiger partial charge is 0.0599 e. The van der Waals surface area contributed by atoms with Crippen molar-refractivity contribution < 1.29 is 0 Å². The van der Waals surface area contributed by atoms with E-state index in [0.29, 0.717) is 6.04 Å². The molecule has 0 aromatic heterocycles. The first kappa shape index (κ1) is 9.30. The van der Waals surface area contributed by atoms with Gasteiger partial charge in [0, 0.05) is 6.04 Å². The van der Waals surface area contributed by atoms with Gasteiger partial charge in [0.05, 0.1) is 6.54 Å². The van der Waals surface area contributed by atoms with Crippen LogP contribution in [0.25, 0.3) is 0 Å². The Hall–Kier alpha value is -1.26. The standard InChI is InChI=1S/C13H15N/c1-3-8-14(2)13-9-11-6-4-5-7-12(11)10-13/h1,4-7,13H,8-10H2,2H3. The van der Waals surface area contributed by atoms with Gasteiger partial charge in [0.15, 0.2) is 0 Å². The Morgan fingerprint density at radius 2 is 1.93 bits per heavy atom. The fraction of sp³-hybridized carbons (Fsp3) is 0.385. The second kappa shape index (κ2) is 3.86. The summed E-state index contributed by atoms with van der Waals surface area (Å²) >= 11 is 0. The topological polar surface area (TPSA) is 3.24 Å². The van der Waals surface area contributed by atoms with Crippen molar-refractivity contribution in [2.75, 3.05) is 13.6 Å². The zero-order chi connectivity index (χ0) is 9.97. The van der Waals surface area contributed by atoms with Crippen molar-refractivity contribution in [3.63, 3.8) is 0 Å². The summed E-state index contributed by atoms with van der Waals surface area (Å²) in [6.45, 7) is 0.749. The van der Waals surface area contributed by atoms with Gasteiger partial charge in [0.25, 0.3) is 0 Å². The van der Waals surface area contributed by atoms with E-state index in [1.165, 1.54) is 11.1 Å². The second-order valence-electron chi connectivity index (χ2n) is 3.95. The Kier molecular flexibility index (Phi) is 2.56. The molecule has 0 saturated heterocycles. The third kappa shape index (κ3) is 1.66. The molecule has 0 unspecified atom stereocenters. The molecule has 2 rings (SSSR count). The molecule has 0 N–H and O–H groups in total. The van der Waals surface area contributed by atoms with Crippen LogP contribution in [0.4, 0.5) is 0 Å². The molecule has 0 radical (unpaired) electrons. The van der Waals surface area contributed by atoms with E-state index in [0.717, 1.165) is 19.4 Å². The highest BCUT2D eigenvalue weighted by atomic mass is 15.1. The van der Waals surface area contributed by atoms with E-state index in [1.807, 2.05) is 0 Å². The van der Waals surface area contributed by atoms with Crippen molar-refractivity contribution in [2.45, 2.75) is 18.9 Å². The van der Waals surface area contributed by atoms with Gasteiger partial charge in [-0.05, 0) is 31.0 Å². The summed E-state index contributed by atoms with van der Waals surface area (Å²) in [5.74, 6) is 2.70. The summed E-state index contributed by atoms with van der Waals surface area (Å²) in [6, 6.07) is 9.27. The first-order chi connectivity index (χ1) is 6.81. The minimum Gasteiger partial charge on any atom is -0.292 e. The highest BCUT2D eigenvalue weighted by Gasteiger charge is 2.23. The molecule has 0 saturated carbocycles. The van der Waals surface area contributed by atoms with Crippen LogP contribution in [-0.2, 0) is 12.8 Å². The summed E-state index contributed by atoms with van der Waals surface area (Å²) in [7, 11) is 2.11. The third-order valence-electron chi connectivity index (χ3n) is 2.99. The molecule has 0 bridgehead atoms. The monoisotopic (exact) mass is 185 g/mol. The minimum atomic E-state index is 0.600. The van der Waals surface area contributed by atoms with Crippen molar-refractivity contribution in [3.8, 4) is 12.3 Å². The minimum absolute atomic E-state index is 0.600. The van der Waals surface area contributed by atoms with Gasteiger partial charge in [-0.3, -0.25) is 4.90 Å². The van der Waals surface area contributed by atoms with Crippen LogP contribution in [0.3, 0.4) is 0 Å². The van der Waals surface area contributed by atoms with Gasteiger partial charge < -0.3 is 0 Å². The molecule has 72 valence electrons. The Morgan fingerprint density at radius 1 is 1.36 bits per heavy atom. The largest absolute Gasteiger partial charge is 0.292 e. The van der Waals surface area contributed by atoms with Crippen molar-refractivity contribution >= 4 is 0 Å². The van der Waals surface area contributed by atoms with Crippen LogP contribution in [0.1, 0.15) is 11.1 Å². The molecule has 1 aromatic rings. The maximum atomic E-state index is 5.31. The molecular weight excluding hydrogens is 170 g/mol. The predicted molar refractivity (Wildman–Crippen MR) is 59.1 cm³/mol. The third-order valence-corrected chi connectivity index (χ3v) is 2.99. The molecule has 0 amide bonds. The summed E-state index contributed by atoms with van der Waals surface area (Å²) in [5.41, 5.74) is 2.97. The van der Waals surface area contributed by atoms with E-state index in [1.54, 1.807) is 0 Å². The van der Waals surface area contributed by atoms with Gasteiger partial charge in [-0.1, -0.05) is 30.2 Å². The van der Waals surface area contributed by atoms with Gasteiger partial charge >= 0.3 is 0 Å². The highest BCUT2D eigenvalue weighted by molar-refractivity contribution is 5.33. The van der Waals surface area contributed by atoms with Crippen LogP contribution in [-0.4, -0.2) is 24.5 Å². The molecule has 0 spiro atoms. The second-order valence-corrected chi connectivity index (χ2v) is 3.95. The fourth-order valence-electron chi connectivity index (χ4n) is 2.12. The predicted octanol–water partition coefficient (Wildman–Crippen LogP) is 1.72. The number of benzene rings is 1. The van der Waals surface area contributed by atoms with Crippen LogP contribution < -0.4 is 0 Å². The Morgan fingerprint density at radius 3 is 2.43 bits per heavy atom. The number of hydrogen-bond acceptors (Lipinski definition) is 1. The maximum Gasteiger partial charge on any atom is 0.0599 e. The van der Waals surface area contributed by atoms with Crippen LogP contribution >= 0.6 is 0 Å². The number of terminal acetylenes is 1. The molecule has 0 atom stereocenters. The lowest BCUT2D eigenvalue weighted by Crippen LogP contribution is -2.32. The van der Waals surface area contributed by atoms with Crippen molar-refractivity contribution in [1.29, 1.82) is 0 Å². The normalized spacial score (nSPS) is 15.5. The molecule has 1 aliphatic rings. The lowest BCUT2D eigenvalue weighted by atomic mass is 10.1. The van der Waals surface area contributed by atoms with E-state index in [2.05, 4.69) is 42.1 Å². The lowest BCUT2D eigenvalue weighted by molar-refractivity contribution is 0.279. The molecule has 0 aliphatic heterocycles. The molecule has 1 aliphatic carbocycles.